The second-order valence-electron chi connectivity index (χ2n) is 7.26. The first-order chi connectivity index (χ1) is 13.0. The van der Waals surface area contributed by atoms with Crippen LogP contribution in [0.1, 0.15) is 45.1 Å². The predicted molar refractivity (Wildman–Crippen MR) is 110 cm³/mol. The second kappa shape index (κ2) is 9.28. The van der Waals surface area contributed by atoms with Gasteiger partial charge in [0.1, 0.15) is 0 Å². The number of piperidine rings is 1. The largest absolute Gasteiger partial charge is 0.356 e. The first-order valence-corrected chi connectivity index (χ1v) is 10.5. The molecular weight excluding hydrogens is 360 g/mol. The molecule has 1 fully saturated rings. The Morgan fingerprint density at radius 3 is 2.96 bits per heavy atom. The number of likely N-dealkylation sites (tertiary alicyclic amines) is 1. The van der Waals surface area contributed by atoms with Gasteiger partial charge in [-0.05, 0) is 50.4 Å². The number of benzene rings is 1. The van der Waals surface area contributed by atoms with Crippen molar-refractivity contribution < 1.29 is 9.59 Å². The van der Waals surface area contributed by atoms with Crippen molar-refractivity contribution in [1.82, 2.24) is 15.2 Å². The molecule has 1 saturated heterocycles. The number of nitrogens with one attached hydrogen (secondary N) is 2. The molecule has 1 aromatic carbocycles. The zero-order valence-electron chi connectivity index (χ0n) is 16.1. The van der Waals surface area contributed by atoms with Crippen LogP contribution in [-0.2, 0) is 16.0 Å². The van der Waals surface area contributed by atoms with Gasteiger partial charge in [0.05, 0.1) is 16.6 Å². The van der Waals surface area contributed by atoms with Crippen LogP contribution in [0.3, 0.4) is 0 Å². The van der Waals surface area contributed by atoms with Gasteiger partial charge in [-0.3, -0.25) is 9.59 Å². The van der Waals surface area contributed by atoms with Crippen LogP contribution in [0.25, 0.3) is 10.2 Å². The van der Waals surface area contributed by atoms with Crippen molar-refractivity contribution in [2.24, 2.45) is 0 Å². The van der Waals surface area contributed by atoms with Crippen LogP contribution in [0.2, 0.25) is 0 Å². The lowest BCUT2D eigenvalue weighted by Crippen LogP contribution is -2.39. The van der Waals surface area contributed by atoms with Gasteiger partial charge >= 0.3 is 0 Å². The Kier molecular flexibility index (Phi) is 6.79. The highest BCUT2D eigenvalue weighted by atomic mass is 32.1. The highest BCUT2D eigenvalue weighted by Crippen LogP contribution is 2.27. The van der Waals surface area contributed by atoms with E-state index in [1.54, 1.807) is 0 Å². The number of carbonyl (C=O) groups is 2. The molecule has 27 heavy (non-hydrogen) atoms. The zero-order valence-corrected chi connectivity index (χ0v) is 16.9. The number of anilines is 1. The van der Waals surface area contributed by atoms with Crippen LogP contribution in [-0.4, -0.2) is 47.4 Å². The van der Waals surface area contributed by atoms with E-state index in [1.165, 1.54) is 44.1 Å². The minimum absolute atomic E-state index is 0.0487. The zero-order chi connectivity index (χ0) is 19.2. The number of nitrogens with zero attached hydrogens (tertiary/aromatic N) is 2. The SMILES string of the molecule is CC(=O)Nc1nc2ccc(CC(=O)NCCCN3CCCC[C@H]3C)cc2s1. The van der Waals surface area contributed by atoms with Gasteiger partial charge in [-0.25, -0.2) is 4.98 Å². The summed E-state index contributed by atoms with van der Waals surface area (Å²) < 4.78 is 0.975. The van der Waals surface area contributed by atoms with E-state index in [9.17, 15) is 9.59 Å². The smallest absolute Gasteiger partial charge is 0.224 e. The number of hydrogen-bond acceptors (Lipinski definition) is 5. The molecule has 2 amide bonds. The lowest BCUT2D eigenvalue weighted by atomic mass is 10.0. The Balaban J connectivity index is 1.45. The summed E-state index contributed by atoms with van der Waals surface area (Å²) in [6, 6.07) is 6.47. The number of rotatable bonds is 7. The van der Waals surface area contributed by atoms with Crippen molar-refractivity contribution >= 4 is 38.5 Å². The molecular formula is C20H28N4O2S. The van der Waals surface area contributed by atoms with E-state index >= 15 is 0 Å². The van der Waals surface area contributed by atoms with Gasteiger partial charge in [-0.2, -0.15) is 0 Å². The lowest BCUT2D eigenvalue weighted by molar-refractivity contribution is -0.120. The fourth-order valence-corrected chi connectivity index (χ4v) is 4.51. The molecule has 2 N–H and O–H groups in total. The monoisotopic (exact) mass is 388 g/mol. The summed E-state index contributed by atoms with van der Waals surface area (Å²) in [4.78, 5) is 30.3. The molecule has 1 aromatic heterocycles. The summed E-state index contributed by atoms with van der Waals surface area (Å²) in [5, 5.41) is 6.32. The first-order valence-electron chi connectivity index (χ1n) is 9.69. The Hall–Kier alpha value is -1.99. The topological polar surface area (TPSA) is 74.3 Å². The molecule has 0 bridgehead atoms. The van der Waals surface area contributed by atoms with Gasteiger partial charge in [-0.15, -0.1) is 0 Å². The maximum atomic E-state index is 12.2. The number of carbonyl (C=O) groups excluding carboxylic acids is 2. The molecule has 7 heteroatoms. The van der Waals surface area contributed by atoms with Gasteiger partial charge in [0, 0.05) is 26.1 Å². The van der Waals surface area contributed by atoms with Crippen molar-refractivity contribution in [2.45, 2.75) is 52.0 Å². The van der Waals surface area contributed by atoms with Crippen LogP contribution >= 0.6 is 11.3 Å². The average molecular weight is 389 g/mol. The molecule has 2 heterocycles. The van der Waals surface area contributed by atoms with Crippen LogP contribution < -0.4 is 10.6 Å². The maximum absolute atomic E-state index is 12.2. The minimum atomic E-state index is -0.132. The van der Waals surface area contributed by atoms with Gasteiger partial charge in [0.15, 0.2) is 5.13 Å². The summed E-state index contributed by atoms with van der Waals surface area (Å²) in [5.74, 6) is -0.0831. The van der Waals surface area contributed by atoms with E-state index in [2.05, 4.69) is 27.4 Å². The fourth-order valence-electron chi connectivity index (χ4n) is 3.53. The molecule has 0 radical (unpaired) electrons. The molecule has 3 rings (SSSR count). The molecule has 1 atom stereocenters. The van der Waals surface area contributed by atoms with Crippen molar-refractivity contribution in [2.75, 3.05) is 25.0 Å². The van der Waals surface area contributed by atoms with Crippen molar-refractivity contribution in [3.63, 3.8) is 0 Å². The number of aromatic nitrogens is 1. The molecule has 6 nitrogen and oxygen atoms in total. The molecule has 0 unspecified atom stereocenters. The van der Waals surface area contributed by atoms with Gasteiger partial charge in [0.25, 0.3) is 0 Å². The van der Waals surface area contributed by atoms with Crippen LogP contribution in [0.15, 0.2) is 18.2 Å². The van der Waals surface area contributed by atoms with Gasteiger partial charge in [0.2, 0.25) is 11.8 Å². The predicted octanol–water partition coefficient (Wildman–Crippen LogP) is 3.18. The third-order valence-electron chi connectivity index (χ3n) is 4.99. The van der Waals surface area contributed by atoms with E-state index in [-0.39, 0.29) is 11.8 Å². The number of amides is 2. The van der Waals surface area contributed by atoms with Crippen LogP contribution in [0.4, 0.5) is 5.13 Å². The normalized spacial score (nSPS) is 17.8. The maximum Gasteiger partial charge on any atom is 0.224 e. The quantitative estimate of drug-likeness (QED) is 0.715. The third-order valence-corrected chi connectivity index (χ3v) is 5.92. The Bertz CT molecular complexity index is 804. The van der Waals surface area contributed by atoms with Gasteiger partial charge in [-0.1, -0.05) is 23.8 Å². The van der Waals surface area contributed by atoms with E-state index in [4.69, 9.17) is 0 Å². The molecule has 0 spiro atoms. The first kappa shape index (κ1) is 19.8. The number of thiazole rings is 1. The standard InChI is InChI=1S/C20H28N4O2S/c1-14-6-3-4-10-24(14)11-5-9-21-19(26)13-16-7-8-17-18(12-16)27-20(23-17)22-15(2)25/h7-8,12,14H,3-6,9-11,13H2,1-2H3,(H,21,26)(H,22,23,25)/t14-/m1/s1. The molecule has 146 valence electrons. The lowest BCUT2D eigenvalue weighted by Gasteiger charge is -2.33. The summed E-state index contributed by atoms with van der Waals surface area (Å²) in [6.45, 7) is 6.72. The summed E-state index contributed by atoms with van der Waals surface area (Å²) in [7, 11) is 0. The summed E-state index contributed by atoms with van der Waals surface area (Å²) in [6.07, 6.45) is 5.27. The van der Waals surface area contributed by atoms with Crippen molar-refractivity contribution in [3.05, 3.63) is 23.8 Å². The molecule has 1 aliphatic heterocycles. The highest BCUT2D eigenvalue weighted by Gasteiger charge is 2.17. The molecule has 1 aliphatic rings. The van der Waals surface area contributed by atoms with E-state index < -0.39 is 0 Å². The van der Waals surface area contributed by atoms with Crippen molar-refractivity contribution in [1.29, 1.82) is 0 Å². The summed E-state index contributed by atoms with van der Waals surface area (Å²) in [5.41, 5.74) is 1.80. The van der Waals surface area contributed by atoms with Crippen LogP contribution in [0, 0.1) is 0 Å². The molecule has 2 aromatic rings. The van der Waals surface area contributed by atoms with Crippen molar-refractivity contribution in [3.8, 4) is 0 Å². The Morgan fingerprint density at radius 1 is 1.33 bits per heavy atom. The highest BCUT2D eigenvalue weighted by molar-refractivity contribution is 7.22. The fraction of sp³-hybridized carbons (Fsp3) is 0.550. The van der Waals surface area contributed by atoms with E-state index in [0.717, 1.165) is 35.3 Å². The molecule has 0 aliphatic carbocycles. The Labute approximate surface area is 164 Å². The van der Waals surface area contributed by atoms with E-state index in [0.29, 0.717) is 17.6 Å². The van der Waals surface area contributed by atoms with E-state index in [1.807, 2.05) is 18.2 Å². The number of fused-ring (bicyclic) bond motifs is 1. The Morgan fingerprint density at radius 2 is 2.19 bits per heavy atom. The van der Waals surface area contributed by atoms with Crippen LogP contribution in [0.5, 0.6) is 0 Å². The minimum Gasteiger partial charge on any atom is -0.356 e. The van der Waals surface area contributed by atoms with Gasteiger partial charge < -0.3 is 15.5 Å². The summed E-state index contributed by atoms with van der Waals surface area (Å²) >= 11 is 1.42. The second-order valence-corrected chi connectivity index (χ2v) is 8.29. The average Bonchev–Trinajstić information content (AvgIpc) is 3.00. The molecule has 0 saturated carbocycles. The third kappa shape index (κ3) is 5.74. The number of hydrogen-bond donors (Lipinski definition) is 2.